The van der Waals surface area contributed by atoms with Crippen molar-refractivity contribution in [1.82, 2.24) is 14.1 Å². The minimum absolute atomic E-state index is 0.0212. The second-order valence-corrected chi connectivity index (χ2v) is 11.9. The number of hydrogen-bond acceptors (Lipinski definition) is 12. The van der Waals surface area contributed by atoms with Crippen LogP contribution in [-0.2, 0) is 10.0 Å². The number of sulfonamides is 1. The van der Waals surface area contributed by atoms with Crippen molar-refractivity contribution in [3.63, 3.8) is 0 Å². The number of rotatable bonds is 9. The third kappa shape index (κ3) is 6.36. The summed E-state index contributed by atoms with van der Waals surface area (Å²) in [6.07, 6.45) is 0. The molecule has 12 nitrogen and oxygen atoms in total. The monoisotopic (exact) mass is 524 g/mol. The molecule has 15 heteroatoms. The second kappa shape index (κ2) is 10.7. The Morgan fingerprint density at radius 2 is 1.45 bits per heavy atom. The summed E-state index contributed by atoms with van der Waals surface area (Å²) in [4.78, 5) is 12.9. The molecule has 0 amide bonds. The molecule has 2 heterocycles. The van der Waals surface area contributed by atoms with E-state index in [1.54, 1.807) is 0 Å². The van der Waals surface area contributed by atoms with Crippen LogP contribution >= 0.6 is 23.5 Å². The van der Waals surface area contributed by atoms with Crippen LogP contribution in [0.2, 0.25) is 0 Å². The molecular weight excluding hydrogens is 496 g/mol. The van der Waals surface area contributed by atoms with Gasteiger partial charge in [0.2, 0.25) is 21.8 Å². The topological polar surface area (TPSA) is 168 Å². The van der Waals surface area contributed by atoms with Crippen LogP contribution in [0.15, 0.2) is 29.2 Å². The van der Waals surface area contributed by atoms with Gasteiger partial charge in [-0.2, -0.15) is 27.8 Å². The normalized spacial score (nSPS) is 21.8. The molecule has 0 bridgehead atoms. The summed E-state index contributed by atoms with van der Waals surface area (Å²) in [5, 5.41) is 52.3. The van der Waals surface area contributed by atoms with E-state index in [0.717, 1.165) is 16.4 Å². The molecular formula is C18H28N4O8S3. The first-order valence-corrected chi connectivity index (χ1v) is 14.0. The molecule has 2 saturated heterocycles. The first-order chi connectivity index (χ1) is 15.4. The Kier molecular flexibility index (Phi) is 8.64. The van der Waals surface area contributed by atoms with Gasteiger partial charge in [-0.15, -0.1) is 0 Å². The van der Waals surface area contributed by atoms with E-state index in [1.165, 1.54) is 45.5 Å². The van der Waals surface area contributed by atoms with Crippen LogP contribution < -0.4 is 0 Å². The van der Waals surface area contributed by atoms with Crippen molar-refractivity contribution in [1.29, 1.82) is 0 Å². The molecule has 0 atom stereocenters. The minimum Gasteiger partial charge on any atom is -0.353 e. The maximum Gasteiger partial charge on any atom is 0.289 e. The van der Waals surface area contributed by atoms with Gasteiger partial charge in [-0.3, -0.25) is 10.1 Å². The predicted octanol–water partition coefficient (Wildman–Crippen LogP) is -1.04. The van der Waals surface area contributed by atoms with Crippen molar-refractivity contribution in [3.8, 4) is 0 Å². The van der Waals surface area contributed by atoms with E-state index in [0.29, 0.717) is 24.6 Å². The highest BCUT2D eigenvalue weighted by molar-refractivity contribution is 7.99. The SMILES string of the molecule is O=[N+]([O-])c1ccccc1S(=O)(=O)N(CCN1CCSCC1(O)O)CCN1CCSCC1(O)O. The molecule has 0 saturated carbocycles. The fourth-order valence-corrected chi connectivity index (χ4v) is 7.15. The van der Waals surface area contributed by atoms with Gasteiger partial charge in [-0.1, -0.05) is 12.1 Å². The quantitative estimate of drug-likeness (QED) is 0.176. The number of aliphatic hydroxyl groups is 4. The van der Waals surface area contributed by atoms with Gasteiger partial charge in [0.15, 0.2) is 4.90 Å². The average Bonchev–Trinajstić information content (AvgIpc) is 2.75. The van der Waals surface area contributed by atoms with Crippen molar-refractivity contribution in [3.05, 3.63) is 34.4 Å². The summed E-state index contributed by atoms with van der Waals surface area (Å²) in [5.41, 5.74) is -0.566. The first kappa shape index (κ1) is 26.6. The zero-order chi connectivity index (χ0) is 24.3. The number of hydrogen-bond donors (Lipinski definition) is 4. The summed E-state index contributed by atoms with van der Waals surface area (Å²) >= 11 is 2.73. The summed E-state index contributed by atoms with van der Waals surface area (Å²) in [5.74, 6) is -2.80. The van der Waals surface area contributed by atoms with E-state index in [2.05, 4.69) is 0 Å². The number of nitro benzene ring substituents is 1. The van der Waals surface area contributed by atoms with Gasteiger partial charge in [0, 0.05) is 56.8 Å². The van der Waals surface area contributed by atoms with Crippen LogP contribution in [-0.4, -0.2) is 122 Å². The van der Waals surface area contributed by atoms with Crippen molar-refractivity contribution >= 4 is 39.2 Å². The van der Waals surface area contributed by atoms with Crippen LogP contribution in [0.3, 0.4) is 0 Å². The van der Waals surface area contributed by atoms with Gasteiger partial charge in [0.25, 0.3) is 5.69 Å². The van der Waals surface area contributed by atoms with Gasteiger partial charge in [-0.25, -0.2) is 18.2 Å². The molecule has 1 aromatic rings. The number of benzene rings is 1. The van der Waals surface area contributed by atoms with E-state index >= 15 is 0 Å². The Balaban J connectivity index is 1.85. The largest absolute Gasteiger partial charge is 0.353 e. The maximum atomic E-state index is 13.5. The van der Waals surface area contributed by atoms with Gasteiger partial charge in [0.05, 0.1) is 16.4 Å². The number of nitrogens with zero attached hydrogens (tertiary/aromatic N) is 4. The van der Waals surface area contributed by atoms with Gasteiger partial charge in [0.1, 0.15) is 0 Å². The lowest BCUT2D eigenvalue weighted by Crippen LogP contribution is -2.58. The summed E-state index contributed by atoms with van der Waals surface area (Å²) in [6, 6.07) is 5.02. The van der Waals surface area contributed by atoms with Crippen molar-refractivity contribution in [2.45, 2.75) is 16.7 Å². The van der Waals surface area contributed by atoms with Gasteiger partial charge in [-0.05, 0) is 6.07 Å². The molecule has 0 aliphatic carbocycles. The lowest BCUT2D eigenvalue weighted by Gasteiger charge is -2.40. The number of thioether (sulfide) groups is 2. The molecule has 186 valence electrons. The van der Waals surface area contributed by atoms with Crippen LogP contribution in [0.5, 0.6) is 0 Å². The van der Waals surface area contributed by atoms with Crippen LogP contribution in [0.1, 0.15) is 0 Å². The van der Waals surface area contributed by atoms with Gasteiger partial charge >= 0.3 is 0 Å². The first-order valence-electron chi connectivity index (χ1n) is 10.2. The van der Waals surface area contributed by atoms with Crippen molar-refractivity contribution in [2.75, 3.05) is 62.3 Å². The van der Waals surface area contributed by atoms with E-state index in [4.69, 9.17) is 0 Å². The Morgan fingerprint density at radius 3 is 1.91 bits per heavy atom. The molecule has 33 heavy (non-hydrogen) atoms. The van der Waals surface area contributed by atoms with E-state index in [-0.39, 0.29) is 37.7 Å². The lowest BCUT2D eigenvalue weighted by molar-refractivity contribution is -0.387. The maximum absolute atomic E-state index is 13.5. The van der Waals surface area contributed by atoms with Crippen molar-refractivity contribution in [2.24, 2.45) is 0 Å². The van der Waals surface area contributed by atoms with Gasteiger partial charge < -0.3 is 20.4 Å². The van der Waals surface area contributed by atoms with E-state index in [1.807, 2.05) is 0 Å². The lowest BCUT2D eigenvalue weighted by atomic mass is 10.3. The summed E-state index contributed by atoms with van der Waals surface area (Å²) in [7, 11) is -4.35. The number of nitro groups is 1. The highest BCUT2D eigenvalue weighted by Gasteiger charge is 2.39. The fourth-order valence-electron chi connectivity index (χ4n) is 3.67. The zero-order valence-electron chi connectivity index (χ0n) is 17.8. The molecule has 0 radical (unpaired) electrons. The Labute approximate surface area is 200 Å². The second-order valence-electron chi connectivity index (χ2n) is 7.76. The molecule has 3 rings (SSSR count). The smallest absolute Gasteiger partial charge is 0.289 e. The molecule has 4 N–H and O–H groups in total. The molecule has 1 aromatic carbocycles. The Bertz CT molecular complexity index is 914. The average molecular weight is 525 g/mol. The standard InChI is InChI=1S/C18H28N4O8S3/c23-17(24)13-31-11-9-19(17)5-7-21(8-6-20-10-12-32-14-18(20,25)26)33(29,30)16-4-2-1-3-15(16)22(27)28/h1-4,23-26H,5-14H2. The predicted molar refractivity (Wildman–Crippen MR) is 124 cm³/mol. The highest BCUT2D eigenvalue weighted by Crippen LogP contribution is 2.28. The molecule has 2 aliphatic heterocycles. The third-order valence-electron chi connectivity index (χ3n) is 5.53. The van der Waals surface area contributed by atoms with Crippen LogP contribution in [0.4, 0.5) is 5.69 Å². The highest BCUT2D eigenvalue weighted by atomic mass is 32.2. The van der Waals surface area contributed by atoms with E-state index in [9.17, 15) is 39.0 Å². The zero-order valence-corrected chi connectivity index (χ0v) is 20.3. The van der Waals surface area contributed by atoms with E-state index < -0.39 is 37.4 Å². The third-order valence-corrected chi connectivity index (χ3v) is 9.61. The molecule has 0 spiro atoms. The summed E-state index contributed by atoms with van der Waals surface area (Å²) in [6.45, 7) is 0.273. The fraction of sp³-hybridized carbons (Fsp3) is 0.667. The molecule has 0 aromatic heterocycles. The van der Waals surface area contributed by atoms with Crippen LogP contribution in [0, 0.1) is 10.1 Å². The number of para-hydroxylation sites is 1. The van der Waals surface area contributed by atoms with Crippen LogP contribution in [0.25, 0.3) is 0 Å². The molecule has 0 unspecified atom stereocenters. The minimum atomic E-state index is -4.35. The summed E-state index contributed by atoms with van der Waals surface area (Å²) < 4.78 is 27.9. The Morgan fingerprint density at radius 1 is 0.970 bits per heavy atom. The molecule has 2 fully saturated rings. The molecule has 2 aliphatic rings. The van der Waals surface area contributed by atoms with Crippen molar-refractivity contribution < 1.29 is 33.8 Å². The Hall–Kier alpha value is -1.01.